The van der Waals surface area contributed by atoms with Crippen molar-refractivity contribution in [3.8, 4) is 0 Å². The van der Waals surface area contributed by atoms with Crippen molar-refractivity contribution in [3.05, 3.63) is 49.8 Å². The molecule has 4 nitrogen and oxygen atoms in total. The Morgan fingerprint density at radius 2 is 1.86 bits per heavy atom. The summed E-state index contributed by atoms with van der Waals surface area (Å²) in [6.07, 6.45) is 0. The molecule has 0 atom stereocenters. The number of benzene rings is 1. The maximum absolute atomic E-state index is 12.3. The molecule has 0 saturated carbocycles. The van der Waals surface area contributed by atoms with Gasteiger partial charge in [0.1, 0.15) is 5.00 Å². The summed E-state index contributed by atoms with van der Waals surface area (Å²) < 4.78 is 4.77. The van der Waals surface area contributed by atoms with E-state index in [-0.39, 0.29) is 5.91 Å². The van der Waals surface area contributed by atoms with Gasteiger partial charge in [0.25, 0.3) is 5.91 Å². The molecule has 1 aromatic heterocycles. The van der Waals surface area contributed by atoms with Crippen LogP contribution in [0.15, 0.2) is 18.2 Å². The molecule has 0 saturated heterocycles. The number of amides is 1. The lowest BCUT2D eigenvalue weighted by Crippen LogP contribution is -2.14. The predicted molar refractivity (Wildman–Crippen MR) is 89.5 cm³/mol. The van der Waals surface area contributed by atoms with Crippen LogP contribution in [0, 0.1) is 13.8 Å². The first-order chi connectivity index (χ1) is 10.3. The van der Waals surface area contributed by atoms with E-state index < -0.39 is 5.97 Å². The van der Waals surface area contributed by atoms with E-state index in [2.05, 4.69) is 5.32 Å². The molecule has 22 heavy (non-hydrogen) atoms. The third-order valence-corrected chi connectivity index (χ3v) is 5.05. The highest BCUT2D eigenvalue weighted by Crippen LogP contribution is 2.33. The Labute approximate surface area is 142 Å². The number of thiophene rings is 1. The van der Waals surface area contributed by atoms with Crippen LogP contribution in [0.4, 0.5) is 5.00 Å². The van der Waals surface area contributed by atoms with Crippen molar-refractivity contribution in [1.82, 2.24) is 0 Å². The fraction of sp³-hybridized carbons (Fsp3) is 0.200. The Bertz CT molecular complexity index is 755. The van der Waals surface area contributed by atoms with Gasteiger partial charge in [-0.15, -0.1) is 11.3 Å². The summed E-state index contributed by atoms with van der Waals surface area (Å²) in [4.78, 5) is 25.1. The number of aryl methyl sites for hydroxylation is 1. The molecular formula is C15H13Cl2NO3S. The Hall–Kier alpha value is -1.56. The number of hydrogen-bond donors (Lipinski definition) is 1. The van der Waals surface area contributed by atoms with Gasteiger partial charge in [-0.05, 0) is 37.6 Å². The van der Waals surface area contributed by atoms with E-state index >= 15 is 0 Å². The normalized spacial score (nSPS) is 10.4. The molecule has 0 bridgehead atoms. The molecule has 0 aliphatic rings. The number of carbonyl (C=O) groups excluding carboxylic acids is 2. The molecule has 7 heteroatoms. The second kappa shape index (κ2) is 6.69. The van der Waals surface area contributed by atoms with Gasteiger partial charge >= 0.3 is 5.97 Å². The van der Waals surface area contributed by atoms with Crippen LogP contribution in [0.1, 0.15) is 31.2 Å². The zero-order chi connectivity index (χ0) is 16.4. The average molecular weight is 358 g/mol. The molecule has 2 aromatic rings. The van der Waals surface area contributed by atoms with Crippen LogP contribution in [0.3, 0.4) is 0 Å². The van der Waals surface area contributed by atoms with Gasteiger partial charge in [-0.1, -0.05) is 23.2 Å². The fourth-order valence-corrected chi connectivity index (χ4v) is 3.22. The van der Waals surface area contributed by atoms with Crippen molar-refractivity contribution in [1.29, 1.82) is 0 Å². The lowest BCUT2D eigenvalue weighted by atomic mass is 10.1. The van der Waals surface area contributed by atoms with Gasteiger partial charge in [-0.25, -0.2) is 4.79 Å². The van der Waals surface area contributed by atoms with Gasteiger partial charge in [-0.3, -0.25) is 4.79 Å². The largest absolute Gasteiger partial charge is 0.465 e. The highest BCUT2D eigenvalue weighted by molar-refractivity contribution is 7.16. The van der Waals surface area contributed by atoms with Crippen LogP contribution in [-0.4, -0.2) is 19.0 Å². The van der Waals surface area contributed by atoms with Crippen LogP contribution in [0.25, 0.3) is 0 Å². The molecule has 0 radical (unpaired) electrons. The Kier molecular flexibility index (Phi) is 5.11. The maximum Gasteiger partial charge on any atom is 0.341 e. The molecule has 116 valence electrons. The topological polar surface area (TPSA) is 55.4 Å². The zero-order valence-corrected chi connectivity index (χ0v) is 14.4. The molecular weight excluding hydrogens is 345 g/mol. The zero-order valence-electron chi connectivity index (χ0n) is 12.1. The van der Waals surface area contributed by atoms with Crippen LogP contribution in [0.2, 0.25) is 10.0 Å². The Balaban J connectivity index is 2.34. The highest BCUT2D eigenvalue weighted by atomic mass is 35.5. The molecule has 1 aromatic carbocycles. The number of halogens is 2. The minimum atomic E-state index is -0.480. The molecule has 0 spiro atoms. The van der Waals surface area contributed by atoms with E-state index in [1.165, 1.54) is 24.5 Å². The van der Waals surface area contributed by atoms with Crippen molar-refractivity contribution >= 4 is 51.4 Å². The van der Waals surface area contributed by atoms with Crippen LogP contribution in [-0.2, 0) is 4.74 Å². The SMILES string of the molecule is COC(=O)c1c(NC(=O)c2ccc(Cl)c(Cl)c2)sc(C)c1C. The summed E-state index contributed by atoms with van der Waals surface area (Å²) in [7, 11) is 1.30. The van der Waals surface area contributed by atoms with Crippen molar-refractivity contribution in [2.24, 2.45) is 0 Å². The minimum absolute atomic E-state index is 0.293. The van der Waals surface area contributed by atoms with Crippen LogP contribution in [0.5, 0.6) is 0 Å². The van der Waals surface area contributed by atoms with Gasteiger partial charge in [0, 0.05) is 10.4 Å². The molecule has 2 rings (SSSR count). The van der Waals surface area contributed by atoms with E-state index in [4.69, 9.17) is 27.9 Å². The lowest BCUT2D eigenvalue weighted by Gasteiger charge is -2.07. The summed E-state index contributed by atoms with van der Waals surface area (Å²) >= 11 is 13.1. The van der Waals surface area contributed by atoms with Crippen LogP contribution >= 0.6 is 34.5 Å². The van der Waals surface area contributed by atoms with Gasteiger partial charge in [0.15, 0.2) is 0 Å². The minimum Gasteiger partial charge on any atom is -0.465 e. The summed E-state index contributed by atoms with van der Waals surface area (Å²) in [6.45, 7) is 3.69. The van der Waals surface area contributed by atoms with Crippen molar-refractivity contribution in [3.63, 3.8) is 0 Å². The molecule has 0 aliphatic heterocycles. The summed E-state index contributed by atoms with van der Waals surface area (Å²) in [5.74, 6) is -0.851. The van der Waals surface area contributed by atoms with Crippen LogP contribution < -0.4 is 5.32 Å². The van der Waals surface area contributed by atoms with Gasteiger partial charge in [-0.2, -0.15) is 0 Å². The summed E-state index contributed by atoms with van der Waals surface area (Å²) in [5, 5.41) is 3.85. The van der Waals surface area contributed by atoms with Gasteiger partial charge in [0.05, 0.1) is 22.7 Å². The molecule has 0 unspecified atom stereocenters. The number of carbonyl (C=O) groups is 2. The maximum atomic E-state index is 12.3. The van der Waals surface area contributed by atoms with Gasteiger partial charge < -0.3 is 10.1 Å². The van der Waals surface area contributed by atoms with Gasteiger partial charge in [0.2, 0.25) is 0 Å². The first kappa shape index (κ1) is 16.8. The van der Waals surface area contributed by atoms with E-state index in [1.54, 1.807) is 12.1 Å². The lowest BCUT2D eigenvalue weighted by molar-refractivity contribution is 0.0601. The predicted octanol–water partition coefficient (Wildman–Crippen LogP) is 4.71. The third-order valence-electron chi connectivity index (χ3n) is 3.18. The second-order valence-corrected chi connectivity index (χ2v) is 6.60. The van der Waals surface area contributed by atoms with Crippen molar-refractivity contribution < 1.29 is 14.3 Å². The number of nitrogens with one attached hydrogen (secondary N) is 1. The highest BCUT2D eigenvalue weighted by Gasteiger charge is 2.22. The quantitative estimate of drug-likeness (QED) is 0.809. The molecule has 1 heterocycles. The summed E-state index contributed by atoms with van der Waals surface area (Å²) in [6, 6.07) is 4.59. The number of hydrogen-bond acceptors (Lipinski definition) is 4. The van der Waals surface area contributed by atoms with E-state index in [0.29, 0.717) is 26.2 Å². The number of esters is 1. The standard InChI is InChI=1S/C15H13Cl2NO3S/c1-7-8(2)22-14(12(7)15(20)21-3)18-13(19)9-4-5-10(16)11(17)6-9/h4-6H,1-3H3,(H,18,19). The third kappa shape index (κ3) is 3.27. The van der Waals surface area contributed by atoms with E-state index in [0.717, 1.165) is 10.4 Å². The Morgan fingerprint density at radius 3 is 2.45 bits per heavy atom. The molecule has 0 fully saturated rings. The van der Waals surface area contributed by atoms with E-state index in [9.17, 15) is 9.59 Å². The smallest absolute Gasteiger partial charge is 0.341 e. The molecule has 1 amide bonds. The monoisotopic (exact) mass is 357 g/mol. The number of rotatable bonds is 3. The number of methoxy groups -OCH3 is 1. The fourth-order valence-electron chi connectivity index (χ4n) is 1.88. The van der Waals surface area contributed by atoms with E-state index in [1.807, 2.05) is 13.8 Å². The average Bonchev–Trinajstić information content (AvgIpc) is 2.75. The van der Waals surface area contributed by atoms with Crippen molar-refractivity contribution in [2.45, 2.75) is 13.8 Å². The van der Waals surface area contributed by atoms with Crippen molar-refractivity contribution in [2.75, 3.05) is 12.4 Å². The number of ether oxygens (including phenoxy) is 1. The Morgan fingerprint density at radius 1 is 1.18 bits per heavy atom. The number of anilines is 1. The first-order valence-electron chi connectivity index (χ1n) is 6.29. The molecule has 0 aliphatic carbocycles. The molecule has 1 N–H and O–H groups in total. The second-order valence-electron chi connectivity index (χ2n) is 4.56. The summed E-state index contributed by atoms with van der Waals surface area (Å²) in [5.41, 5.74) is 1.52. The first-order valence-corrected chi connectivity index (χ1v) is 7.87.